The van der Waals surface area contributed by atoms with Crippen molar-refractivity contribution in [2.24, 2.45) is 5.41 Å². The van der Waals surface area contributed by atoms with Gasteiger partial charge in [-0.1, -0.05) is 0 Å². The Morgan fingerprint density at radius 2 is 2.39 bits per heavy atom. The highest BCUT2D eigenvalue weighted by Crippen LogP contribution is 2.49. The van der Waals surface area contributed by atoms with Crippen molar-refractivity contribution in [1.82, 2.24) is 9.88 Å². The van der Waals surface area contributed by atoms with Gasteiger partial charge in [0.2, 0.25) is 0 Å². The Kier molecular flexibility index (Phi) is 3.85. The van der Waals surface area contributed by atoms with Gasteiger partial charge < -0.3 is 9.47 Å². The highest BCUT2D eigenvalue weighted by atomic mass is 16.5. The van der Waals surface area contributed by atoms with Crippen LogP contribution in [0.15, 0.2) is 12.3 Å². The lowest BCUT2D eigenvalue weighted by molar-refractivity contribution is -0.0131. The minimum Gasteiger partial charge on any atom is -0.462 e. The van der Waals surface area contributed by atoms with Crippen LogP contribution in [-0.2, 0) is 22.4 Å². The fraction of sp³-hybridized carbons (Fsp3) is 0.667. The smallest absolute Gasteiger partial charge is 0.339 e. The molecule has 1 spiro atoms. The summed E-state index contributed by atoms with van der Waals surface area (Å²) in [6, 6.07) is 2.64. The standard InChI is InChI=1S/C18H24N2O3/c1-2-23-17(21)14-7-13-3-5-20(11-16(13)19-10-14)15-8-18(9-15)4-6-22-12-18/h7,10,15H,2-6,8-9,11-12H2,1H3/t15-,18-. The van der Waals surface area contributed by atoms with Gasteiger partial charge in [0, 0.05) is 31.9 Å². The summed E-state index contributed by atoms with van der Waals surface area (Å²) in [7, 11) is 0. The quantitative estimate of drug-likeness (QED) is 0.800. The molecular formula is C18H24N2O3. The first kappa shape index (κ1) is 15.1. The summed E-state index contributed by atoms with van der Waals surface area (Å²) >= 11 is 0. The Bertz CT molecular complexity index is 602. The van der Waals surface area contributed by atoms with Gasteiger partial charge in [0.1, 0.15) is 0 Å². The van der Waals surface area contributed by atoms with Crippen molar-refractivity contribution >= 4 is 5.97 Å². The minimum atomic E-state index is -0.271. The van der Waals surface area contributed by atoms with Crippen molar-refractivity contribution in [3.8, 4) is 0 Å². The molecule has 4 rings (SSSR count). The molecule has 23 heavy (non-hydrogen) atoms. The van der Waals surface area contributed by atoms with Crippen LogP contribution in [0.3, 0.4) is 0 Å². The highest BCUT2D eigenvalue weighted by Gasteiger charge is 2.48. The number of hydrogen-bond donors (Lipinski definition) is 0. The van der Waals surface area contributed by atoms with E-state index in [-0.39, 0.29) is 5.97 Å². The summed E-state index contributed by atoms with van der Waals surface area (Å²) in [6.07, 6.45) is 6.39. The van der Waals surface area contributed by atoms with E-state index in [9.17, 15) is 4.79 Å². The Hall–Kier alpha value is -1.46. The predicted molar refractivity (Wildman–Crippen MR) is 85.2 cm³/mol. The van der Waals surface area contributed by atoms with Crippen molar-refractivity contribution < 1.29 is 14.3 Å². The van der Waals surface area contributed by atoms with Crippen LogP contribution in [0.4, 0.5) is 0 Å². The van der Waals surface area contributed by atoms with Gasteiger partial charge >= 0.3 is 5.97 Å². The monoisotopic (exact) mass is 316 g/mol. The third-order valence-corrected chi connectivity index (χ3v) is 5.63. The molecule has 0 radical (unpaired) electrons. The van der Waals surface area contributed by atoms with Crippen LogP contribution < -0.4 is 0 Å². The van der Waals surface area contributed by atoms with Crippen molar-refractivity contribution in [3.05, 3.63) is 29.1 Å². The van der Waals surface area contributed by atoms with Crippen LogP contribution in [0, 0.1) is 5.41 Å². The number of pyridine rings is 1. The maximum Gasteiger partial charge on any atom is 0.339 e. The van der Waals surface area contributed by atoms with E-state index in [0.29, 0.717) is 23.6 Å². The van der Waals surface area contributed by atoms with Crippen LogP contribution in [0.25, 0.3) is 0 Å². The molecule has 1 saturated heterocycles. The number of fused-ring (bicyclic) bond motifs is 1. The van der Waals surface area contributed by atoms with Gasteiger partial charge in [-0.3, -0.25) is 9.88 Å². The molecular weight excluding hydrogens is 292 g/mol. The first-order chi connectivity index (χ1) is 11.2. The topological polar surface area (TPSA) is 51.7 Å². The van der Waals surface area contributed by atoms with Crippen LogP contribution in [0.2, 0.25) is 0 Å². The average Bonchev–Trinajstić information content (AvgIpc) is 3.03. The lowest BCUT2D eigenvalue weighted by Crippen LogP contribution is -2.52. The Labute approximate surface area is 137 Å². The number of hydrogen-bond acceptors (Lipinski definition) is 5. The predicted octanol–water partition coefficient (Wildman–Crippen LogP) is 2.19. The van der Waals surface area contributed by atoms with E-state index in [1.165, 1.54) is 24.8 Å². The summed E-state index contributed by atoms with van der Waals surface area (Å²) in [5.74, 6) is -0.271. The number of rotatable bonds is 3. The van der Waals surface area contributed by atoms with E-state index in [4.69, 9.17) is 9.47 Å². The van der Waals surface area contributed by atoms with E-state index in [1.54, 1.807) is 6.20 Å². The Morgan fingerprint density at radius 1 is 1.52 bits per heavy atom. The molecule has 0 unspecified atom stereocenters. The van der Waals surface area contributed by atoms with Gasteiger partial charge in [0.15, 0.2) is 0 Å². The number of esters is 1. The maximum absolute atomic E-state index is 11.8. The van der Waals surface area contributed by atoms with E-state index >= 15 is 0 Å². The minimum absolute atomic E-state index is 0.271. The summed E-state index contributed by atoms with van der Waals surface area (Å²) in [4.78, 5) is 18.9. The largest absolute Gasteiger partial charge is 0.462 e. The normalized spacial score (nSPS) is 30.0. The summed E-state index contributed by atoms with van der Waals surface area (Å²) < 4.78 is 10.6. The molecule has 2 aliphatic heterocycles. The summed E-state index contributed by atoms with van der Waals surface area (Å²) in [6.45, 7) is 6.07. The molecule has 0 amide bonds. The SMILES string of the molecule is CCOC(=O)c1cnc2c(c1)CCN([C@H]1C[C@@]3(CCOC3)C1)C2. The zero-order valence-corrected chi connectivity index (χ0v) is 13.7. The van der Waals surface area contributed by atoms with Gasteiger partial charge in [0.05, 0.1) is 24.5 Å². The molecule has 124 valence electrons. The number of aromatic nitrogens is 1. The molecule has 1 saturated carbocycles. The number of carbonyl (C=O) groups excluding carboxylic acids is 1. The van der Waals surface area contributed by atoms with E-state index in [2.05, 4.69) is 9.88 Å². The fourth-order valence-corrected chi connectivity index (χ4v) is 4.24. The van der Waals surface area contributed by atoms with Gasteiger partial charge in [-0.25, -0.2) is 4.79 Å². The molecule has 5 heteroatoms. The van der Waals surface area contributed by atoms with Crippen molar-refractivity contribution in [2.45, 2.75) is 45.2 Å². The Morgan fingerprint density at radius 3 is 3.13 bits per heavy atom. The van der Waals surface area contributed by atoms with Crippen molar-refractivity contribution in [2.75, 3.05) is 26.4 Å². The third-order valence-electron chi connectivity index (χ3n) is 5.63. The second kappa shape index (κ2) is 5.87. The van der Waals surface area contributed by atoms with Crippen LogP contribution in [0.1, 0.15) is 47.8 Å². The summed E-state index contributed by atoms with van der Waals surface area (Å²) in [5.41, 5.74) is 3.37. The van der Waals surface area contributed by atoms with Gasteiger partial charge in [-0.2, -0.15) is 0 Å². The molecule has 5 nitrogen and oxygen atoms in total. The maximum atomic E-state index is 11.8. The molecule has 1 aromatic rings. The van der Waals surface area contributed by atoms with Crippen LogP contribution in [-0.4, -0.2) is 48.3 Å². The molecule has 1 aromatic heterocycles. The second-order valence-corrected chi connectivity index (χ2v) is 7.14. The molecule has 1 aliphatic carbocycles. The molecule has 0 N–H and O–H groups in total. The summed E-state index contributed by atoms with van der Waals surface area (Å²) in [5, 5.41) is 0. The zero-order chi connectivity index (χ0) is 15.9. The van der Waals surface area contributed by atoms with Crippen LogP contribution >= 0.6 is 0 Å². The van der Waals surface area contributed by atoms with Crippen LogP contribution in [0.5, 0.6) is 0 Å². The molecule has 3 heterocycles. The molecule has 0 bridgehead atoms. The van der Waals surface area contributed by atoms with E-state index in [0.717, 1.165) is 38.4 Å². The number of carbonyl (C=O) groups is 1. The first-order valence-corrected chi connectivity index (χ1v) is 8.66. The van der Waals surface area contributed by atoms with E-state index < -0.39 is 0 Å². The first-order valence-electron chi connectivity index (χ1n) is 8.66. The van der Waals surface area contributed by atoms with Crippen molar-refractivity contribution in [3.63, 3.8) is 0 Å². The fourth-order valence-electron chi connectivity index (χ4n) is 4.24. The lowest BCUT2D eigenvalue weighted by Gasteiger charge is -2.50. The molecule has 2 fully saturated rings. The highest BCUT2D eigenvalue weighted by molar-refractivity contribution is 5.89. The zero-order valence-electron chi connectivity index (χ0n) is 13.7. The Balaban J connectivity index is 1.41. The van der Waals surface area contributed by atoms with Crippen molar-refractivity contribution in [1.29, 1.82) is 0 Å². The van der Waals surface area contributed by atoms with Gasteiger partial charge in [0.25, 0.3) is 0 Å². The average molecular weight is 316 g/mol. The lowest BCUT2D eigenvalue weighted by atomic mass is 9.64. The molecule has 3 aliphatic rings. The second-order valence-electron chi connectivity index (χ2n) is 7.14. The molecule has 0 aromatic carbocycles. The third kappa shape index (κ3) is 2.76. The van der Waals surface area contributed by atoms with E-state index in [1.807, 2.05) is 13.0 Å². The number of nitrogens with zero attached hydrogens (tertiary/aromatic N) is 2. The molecule has 0 atom stereocenters. The number of ether oxygens (including phenoxy) is 2. The van der Waals surface area contributed by atoms with Gasteiger partial charge in [-0.05, 0) is 49.7 Å². The van der Waals surface area contributed by atoms with Gasteiger partial charge in [-0.15, -0.1) is 0 Å².